The third-order valence-electron chi connectivity index (χ3n) is 4.47. The van der Waals surface area contributed by atoms with E-state index in [0.717, 1.165) is 11.1 Å². The molecule has 0 unspecified atom stereocenters. The van der Waals surface area contributed by atoms with Gasteiger partial charge in [0.15, 0.2) is 0 Å². The number of carbonyl (C=O) groups excluding carboxylic acids is 2. The molecular formula is C18H15Cl2N2O5P. The molecule has 0 aromatic heterocycles. The van der Waals surface area contributed by atoms with Crippen molar-refractivity contribution in [2.45, 2.75) is 5.92 Å². The zero-order valence-electron chi connectivity index (χ0n) is 14.4. The smallest absolute Gasteiger partial charge is 0.416 e. The lowest BCUT2D eigenvalue weighted by Crippen LogP contribution is -2.24. The van der Waals surface area contributed by atoms with Gasteiger partial charge in [0, 0.05) is 40.6 Å². The van der Waals surface area contributed by atoms with E-state index < -0.39 is 7.60 Å². The van der Waals surface area contributed by atoms with Crippen LogP contribution in [0.5, 0.6) is 11.5 Å². The highest BCUT2D eigenvalue weighted by Crippen LogP contribution is 2.63. The minimum Gasteiger partial charge on any atom is -0.416 e. The van der Waals surface area contributed by atoms with Gasteiger partial charge in [-0.05, 0) is 12.1 Å². The summed E-state index contributed by atoms with van der Waals surface area (Å²) in [6.07, 6.45) is 0.216. The summed E-state index contributed by atoms with van der Waals surface area (Å²) in [4.78, 5) is 23.0. The van der Waals surface area contributed by atoms with Gasteiger partial charge in [0.1, 0.15) is 23.3 Å². The maximum atomic E-state index is 13.1. The average molecular weight is 441 g/mol. The Morgan fingerprint density at radius 2 is 1.39 bits per heavy atom. The number of benzene rings is 2. The molecule has 2 aromatic carbocycles. The summed E-state index contributed by atoms with van der Waals surface area (Å²) in [6.45, 7) is 0. The first-order chi connectivity index (χ1) is 13.4. The Bertz CT molecular complexity index is 954. The monoisotopic (exact) mass is 440 g/mol. The Balaban J connectivity index is 1.71. The van der Waals surface area contributed by atoms with Crippen LogP contribution in [0.2, 0.25) is 0 Å². The highest BCUT2D eigenvalue weighted by molar-refractivity contribution is 7.55. The summed E-state index contributed by atoms with van der Waals surface area (Å²) in [6, 6.07) is 10.4. The van der Waals surface area contributed by atoms with E-state index in [1.54, 1.807) is 24.3 Å². The molecule has 2 heterocycles. The van der Waals surface area contributed by atoms with Crippen LogP contribution in [0.3, 0.4) is 0 Å². The first kappa shape index (κ1) is 19.1. The number of alkyl halides is 2. The minimum atomic E-state index is -3.43. The average Bonchev–Trinajstić information content (AvgIpc) is 2.66. The summed E-state index contributed by atoms with van der Waals surface area (Å²) >= 11 is 11.0. The first-order valence-electron chi connectivity index (χ1n) is 8.38. The molecule has 2 aromatic rings. The number of carbonyl (C=O) groups is 2. The number of hydrogen-bond donors (Lipinski definition) is 2. The second-order valence-corrected chi connectivity index (χ2v) is 8.88. The van der Waals surface area contributed by atoms with Crippen molar-refractivity contribution in [3.8, 4) is 11.5 Å². The second kappa shape index (κ2) is 7.32. The van der Waals surface area contributed by atoms with E-state index in [1.165, 1.54) is 0 Å². The van der Waals surface area contributed by atoms with Crippen LogP contribution in [-0.2, 0) is 14.2 Å². The van der Waals surface area contributed by atoms with Gasteiger partial charge in [-0.25, -0.2) is 4.57 Å². The molecule has 0 saturated carbocycles. The first-order valence-corrected chi connectivity index (χ1v) is 11.2. The van der Waals surface area contributed by atoms with Gasteiger partial charge < -0.3 is 19.7 Å². The summed E-state index contributed by atoms with van der Waals surface area (Å²) in [5.74, 6) is -0.422. The SMILES string of the molecule is O=C(CCl)Nc1ccc2c(c1)OP1(=O)CC2c2ccc(NC(=O)CCl)cc2O1. The van der Waals surface area contributed by atoms with Crippen LogP contribution in [0, 0.1) is 0 Å². The molecule has 4 rings (SSSR count). The summed E-state index contributed by atoms with van der Waals surface area (Å²) in [5, 5.41) is 5.28. The van der Waals surface area contributed by atoms with E-state index in [2.05, 4.69) is 10.6 Å². The standard InChI is InChI=1S/C18H15Cl2N2O5P/c19-7-17(23)21-10-1-3-12-14-9-28(25,26-15(12)5-10)27-16-6-11(2-4-13(14)16)22-18(24)8-20/h1-6,14H,7-9H2,(H,21,23)(H,22,24). The molecular weight excluding hydrogens is 426 g/mol. The number of hydrogen-bond acceptors (Lipinski definition) is 5. The fraction of sp³-hybridized carbons (Fsp3) is 0.222. The summed E-state index contributed by atoms with van der Waals surface area (Å²) in [5.41, 5.74) is 2.68. The topological polar surface area (TPSA) is 93.7 Å². The summed E-state index contributed by atoms with van der Waals surface area (Å²) < 4.78 is 24.5. The van der Waals surface area contributed by atoms with Crippen LogP contribution in [0.15, 0.2) is 36.4 Å². The minimum absolute atomic E-state index is 0.169. The van der Waals surface area contributed by atoms with E-state index in [9.17, 15) is 14.2 Å². The van der Waals surface area contributed by atoms with Crippen molar-refractivity contribution in [2.75, 3.05) is 28.6 Å². The predicted octanol–water partition coefficient (Wildman–Crippen LogP) is 4.15. The molecule has 0 saturated heterocycles. The molecule has 2 bridgehead atoms. The van der Waals surface area contributed by atoms with Gasteiger partial charge in [0.05, 0.1) is 6.16 Å². The highest BCUT2D eigenvalue weighted by atomic mass is 35.5. The van der Waals surface area contributed by atoms with Gasteiger partial charge in [-0.2, -0.15) is 0 Å². The molecule has 2 aliphatic rings. The van der Waals surface area contributed by atoms with Gasteiger partial charge in [-0.15, -0.1) is 23.2 Å². The molecule has 7 nitrogen and oxygen atoms in total. The lowest BCUT2D eigenvalue weighted by Gasteiger charge is -2.37. The van der Waals surface area contributed by atoms with Gasteiger partial charge >= 0.3 is 7.60 Å². The number of anilines is 2. The molecule has 2 aliphatic heterocycles. The molecule has 28 heavy (non-hydrogen) atoms. The van der Waals surface area contributed by atoms with Gasteiger partial charge in [-0.3, -0.25) is 9.59 Å². The van der Waals surface area contributed by atoms with Crippen LogP contribution in [0.25, 0.3) is 0 Å². The van der Waals surface area contributed by atoms with Crippen LogP contribution in [0.1, 0.15) is 17.0 Å². The zero-order valence-corrected chi connectivity index (χ0v) is 16.8. The molecule has 0 spiro atoms. The zero-order chi connectivity index (χ0) is 19.9. The van der Waals surface area contributed by atoms with Crippen molar-refractivity contribution >= 4 is 54.0 Å². The molecule has 0 aliphatic carbocycles. The quantitative estimate of drug-likeness (QED) is 0.550. The molecule has 0 fully saturated rings. The number of nitrogens with one attached hydrogen (secondary N) is 2. The number of fused-ring (bicyclic) bond motifs is 6. The van der Waals surface area contributed by atoms with E-state index in [-0.39, 0.29) is 35.7 Å². The van der Waals surface area contributed by atoms with E-state index in [1.807, 2.05) is 12.1 Å². The molecule has 0 radical (unpaired) electrons. The van der Waals surface area contributed by atoms with E-state index in [4.69, 9.17) is 32.2 Å². The van der Waals surface area contributed by atoms with Crippen molar-refractivity contribution in [2.24, 2.45) is 0 Å². The molecule has 10 heteroatoms. The fourth-order valence-corrected chi connectivity index (χ4v) is 5.40. The third kappa shape index (κ3) is 3.58. The van der Waals surface area contributed by atoms with E-state index in [0.29, 0.717) is 22.9 Å². The molecule has 2 amide bonds. The Labute approximate surface area is 170 Å². The predicted molar refractivity (Wildman–Crippen MR) is 107 cm³/mol. The van der Waals surface area contributed by atoms with Crippen LogP contribution < -0.4 is 19.7 Å². The van der Waals surface area contributed by atoms with Crippen LogP contribution in [-0.4, -0.2) is 29.7 Å². The Morgan fingerprint density at radius 1 is 0.929 bits per heavy atom. The maximum absolute atomic E-state index is 13.1. The Morgan fingerprint density at radius 3 is 1.82 bits per heavy atom. The van der Waals surface area contributed by atoms with Crippen molar-refractivity contribution in [1.29, 1.82) is 0 Å². The van der Waals surface area contributed by atoms with Crippen molar-refractivity contribution in [3.63, 3.8) is 0 Å². The van der Waals surface area contributed by atoms with Crippen molar-refractivity contribution < 1.29 is 23.2 Å². The Kier molecular flexibility index (Phi) is 5.00. The van der Waals surface area contributed by atoms with Crippen LogP contribution >= 0.6 is 30.8 Å². The maximum Gasteiger partial charge on any atom is 0.431 e. The molecule has 0 atom stereocenters. The van der Waals surface area contributed by atoms with E-state index >= 15 is 0 Å². The second-order valence-electron chi connectivity index (χ2n) is 6.40. The number of halogens is 2. The normalized spacial score (nSPS) is 21.4. The van der Waals surface area contributed by atoms with Crippen LogP contribution in [0.4, 0.5) is 11.4 Å². The van der Waals surface area contributed by atoms with Gasteiger partial charge in [0.2, 0.25) is 11.8 Å². The van der Waals surface area contributed by atoms with Gasteiger partial charge in [-0.1, -0.05) is 12.1 Å². The Hall–Kier alpha value is -2.21. The fourth-order valence-electron chi connectivity index (χ4n) is 3.33. The van der Waals surface area contributed by atoms with Gasteiger partial charge in [0.25, 0.3) is 0 Å². The molecule has 2 N–H and O–H groups in total. The van der Waals surface area contributed by atoms with Crippen molar-refractivity contribution in [1.82, 2.24) is 0 Å². The van der Waals surface area contributed by atoms with Crippen molar-refractivity contribution in [3.05, 3.63) is 47.5 Å². The third-order valence-corrected chi connectivity index (χ3v) is 6.72. The summed E-state index contributed by atoms with van der Waals surface area (Å²) in [7, 11) is -3.43. The molecule has 146 valence electrons. The largest absolute Gasteiger partial charge is 0.431 e. The lowest BCUT2D eigenvalue weighted by molar-refractivity contribution is -0.114. The number of amides is 2. The number of rotatable bonds is 4. The lowest BCUT2D eigenvalue weighted by atomic mass is 9.90. The highest BCUT2D eigenvalue weighted by Gasteiger charge is 2.45.